The second kappa shape index (κ2) is 6.94. The van der Waals surface area contributed by atoms with Crippen molar-refractivity contribution in [2.24, 2.45) is 0 Å². The summed E-state index contributed by atoms with van der Waals surface area (Å²) < 4.78 is 12.5. The van der Waals surface area contributed by atoms with Crippen molar-refractivity contribution >= 4 is 29.0 Å². The van der Waals surface area contributed by atoms with Gasteiger partial charge in [-0.3, -0.25) is 9.36 Å². The number of ether oxygens (including phenoxy) is 1. The molecule has 0 fully saturated rings. The number of aryl methyl sites for hydroxylation is 2. The van der Waals surface area contributed by atoms with Gasteiger partial charge in [0.25, 0.3) is 0 Å². The number of carbonyl (C=O) groups excluding carboxylic acids is 1. The Hall–Kier alpha value is -2.24. The lowest BCUT2D eigenvalue weighted by Crippen LogP contribution is -2.13. The van der Waals surface area contributed by atoms with E-state index < -0.39 is 0 Å². The minimum atomic E-state index is -0.148. The van der Waals surface area contributed by atoms with E-state index in [1.54, 1.807) is 18.2 Å². The first-order chi connectivity index (χ1) is 11.9. The van der Waals surface area contributed by atoms with E-state index in [0.29, 0.717) is 32.9 Å². The summed E-state index contributed by atoms with van der Waals surface area (Å²) in [6.07, 6.45) is 0. The van der Waals surface area contributed by atoms with E-state index in [9.17, 15) is 4.79 Å². The monoisotopic (exact) mass is 378 g/mol. The van der Waals surface area contributed by atoms with Crippen LogP contribution in [0.1, 0.15) is 27.5 Å². The molecular formula is C18H16Cl2N2O3. The molecule has 2 aromatic heterocycles. The van der Waals surface area contributed by atoms with Crippen LogP contribution >= 0.6 is 23.2 Å². The summed E-state index contributed by atoms with van der Waals surface area (Å²) in [5.41, 5.74) is 2.24. The van der Waals surface area contributed by atoms with Gasteiger partial charge in [0, 0.05) is 28.0 Å². The summed E-state index contributed by atoms with van der Waals surface area (Å²) in [6.45, 7) is 5.47. The molecule has 2 heterocycles. The maximum atomic E-state index is 12.6. The number of rotatable bonds is 5. The summed E-state index contributed by atoms with van der Waals surface area (Å²) in [7, 11) is 0. The molecule has 5 nitrogen and oxygen atoms in total. The van der Waals surface area contributed by atoms with Gasteiger partial charge in [0.2, 0.25) is 5.78 Å². The lowest BCUT2D eigenvalue weighted by molar-refractivity contribution is 0.0921. The molecule has 0 bridgehead atoms. The van der Waals surface area contributed by atoms with Crippen molar-refractivity contribution in [1.29, 1.82) is 0 Å². The Morgan fingerprint density at radius 3 is 2.60 bits per heavy atom. The van der Waals surface area contributed by atoms with Gasteiger partial charge < -0.3 is 9.26 Å². The van der Waals surface area contributed by atoms with Crippen molar-refractivity contribution < 1.29 is 14.1 Å². The van der Waals surface area contributed by atoms with Gasteiger partial charge in [0.1, 0.15) is 11.5 Å². The normalized spacial score (nSPS) is 10.9. The number of nitrogens with zero attached hydrogens (tertiary/aromatic N) is 2. The fourth-order valence-corrected chi connectivity index (χ4v) is 3.13. The maximum absolute atomic E-state index is 12.6. The second-order valence-electron chi connectivity index (χ2n) is 5.70. The van der Waals surface area contributed by atoms with Crippen molar-refractivity contribution in [2.45, 2.75) is 20.8 Å². The summed E-state index contributed by atoms with van der Waals surface area (Å²) in [4.78, 5) is 12.6. The first-order valence-corrected chi connectivity index (χ1v) is 8.36. The highest BCUT2D eigenvalue weighted by Gasteiger charge is 2.19. The van der Waals surface area contributed by atoms with Crippen LogP contribution in [0.3, 0.4) is 0 Å². The van der Waals surface area contributed by atoms with Crippen LogP contribution in [0.2, 0.25) is 10.0 Å². The Kier molecular flexibility index (Phi) is 4.88. The SMILES string of the molecule is Cc1cc(-n2c(C)cc(C(=O)COc3ccc(Cl)cc3Cl)c2C)no1. The van der Waals surface area contributed by atoms with Gasteiger partial charge in [0.15, 0.2) is 12.4 Å². The highest BCUT2D eigenvalue weighted by molar-refractivity contribution is 6.35. The molecule has 3 rings (SSSR count). The molecule has 0 amide bonds. The number of ketones is 1. The van der Waals surface area contributed by atoms with Gasteiger partial charge in [-0.2, -0.15) is 0 Å². The second-order valence-corrected chi connectivity index (χ2v) is 6.55. The van der Waals surface area contributed by atoms with E-state index >= 15 is 0 Å². The van der Waals surface area contributed by atoms with Gasteiger partial charge in [-0.25, -0.2) is 0 Å². The van der Waals surface area contributed by atoms with Crippen LogP contribution in [0.15, 0.2) is 34.9 Å². The van der Waals surface area contributed by atoms with Crippen molar-refractivity contribution in [2.75, 3.05) is 6.61 Å². The van der Waals surface area contributed by atoms with Crippen molar-refractivity contribution in [1.82, 2.24) is 9.72 Å². The van der Waals surface area contributed by atoms with Gasteiger partial charge >= 0.3 is 0 Å². The standard InChI is InChI=1S/C18H16Cl2N2O3/c1-10-6-14(12(3)22(10)18-7-11(2)25-21-18)16(23)9-24-17-5-4-13(19)8-15(17)20/h4-8H,9H2,1-3H3. The van der Waals surface area contributed by atoms with Crippen molar-refractivity contribution in [3.05, 3.63) is 63.1 Å². The highest BCUT2D eigenvalue weighted by Crippen LogP contribution is 2.28. The molecule has 0 aliphatic carbocycles. The molecule has 0 unspecified atom stereocenters. The Balaban J connectivity index is 1.81. The van der Waals surface area contributed by atoms with Crippen molar-refractivity contribution in [3.63, 3.8) is 0 Å². The van der Waals surface area contributed by atoms with Crippen LogP contribution in [0, 0.1) is 20.8 Å². The van der Waals surface area contributed by atoms with E-state index in [2.05, 4.69) is 5.16 Å². The summed E-state index contributed by atoms with van der Waals surface area (Å²) >= 11 is 11.9. The summed E-state index contributed by atoms with van der Waals surface area (Å²) in [5, 5.41) is 4.88. The number of hydrogen-bond acceptors (Lipinski definition) is 4. The van der Waals surface area contributed by atoms with Gasteiger partial charge in [-0.1, -0.05) is 28.4 Å². The predicted octanol–water partition coefficient (Wildman–Crippen LogP) is 4.96. The fraction of sp³-hybridized carbons (Fsp3) is 0.222. The summed E-state index contributed by atoms with van der Waals surface area (Å²) in [6, 6.07) is 8.50. The molecule has 0 saturated heterocycles. The Morgan fingerprint density at radius 1 is 1.20 bits per heavy atom. The van der Waals surface area contributed by atoms with Gasteiger partial charge in [-0.15, -0.1) is 0 Å². The Labute approximate surface area is 155 Å². The Morgan fingerprint density at radius 2 is 1.96 bits per heavy atom. The van der Waals surface area contributed by atoms with E-state index in [1.165, 1.54) is 0 Å². The van der Waals surface area contributed by atoms with Crippen LogP contribution in [0.25, 0.3) is 5.82 Å². The fourth-order valence-electron chi connectivity index (χ4n) is 2.67. The van der Waals surface area contributed by atoms with Gasteiger partial charge in [0.05, 0.1) is 5.02 Å². The molecule has 0 saturated carbocycles. The molecule has 0 aliphatic heterocycles. The molecule has 1 aromatic carbocycles. The zero-order chi connectivity index (χ0) is 18.1. The average molecular weight is 379 g/mol. The summed E-state index contributed by atoms with van der Waals surface area (Å²) in [5.74, 6) is 1.62. The molecule has 0 aliphatic rings. The lowest BCUT2D eigenvalue weighted by atomic mass is 10.1. The average Bonchev–Trinajstić information content (AvgIpc) is 3.09. The molecule has 7 heteroatoms. The zero-order valence-electron chi connectivity index (χ0n) is 14.0. The third-order valence-electron chi connectivity index (χ3n) is 3.83. The third kappa shape index (κ3) is 3.57. The van der Waals surface area contributed by atoms with E-state index in [4.69, 9.17) is 32.5 Å². The number of hydrogen-bond donors (Lipinski definition) is 0. The molecular weight excluding hydrogens is 363 g/mol. The smallest absolute Gasteiger partial charge is 0.202 e. The largest absolute Gasteiger partial charge is 0.484 e. The third-order valence-corrected chi connectivity index (χ3v) is 4.36. The molecule has 130 valence electrons. The molecule has 0 atom stereocenters. The Bertz CT molecular complexity index is 944. The van der Waals surface area contributed by atoms with Gasteiger partial charge in [-0.05, 0) is 45.0 Å². The lowest BCUT2D eigenvalue weighted by Gasteiger charge is -2.08. The number of benzene rings is 1. The topological polar surface area (TPSA) is 57.3 Å². The van der Waals surface area contributed by atoms with Crippen LogP contribution < -0.4 is 4.74 Å². The molecule has 3 aromatic rings. The van der Waals surface area contributed by atoms with Crippen LogP contribution in [0.4, 0.5) is 0 Å². The van der Waals surface area contributed by atoms with Crippen molar-refractivity contribution in [3.8, 4) is 11.6 Å². The molecule has 0 spiro atoms. The maximum Gasteiger partial charge on any atom is 0.202 e. The molecule has 0 N–H and O–H groups in total. The number of halogens is 2. The predicted molar refractivity (Wildman–Crippen MR) is 96.3 cm³/mol. The van der Waals surface area contributed by atoms with E-state index in [0.717, 1.165) is 11.4 Å². The number of Topliss-reactive ketones (excluding diaryl/α,β-unsaturated/α-hetero) is 1. The van der Waals surface area contributed by atoms with Crippen LogP contribution in [-0.4, -0.2) is 22.1 Å². The molecule has 25 heavy (non-hydrogen) atoms. The number of aromatic nitrogens is 2. The zero-order valence-corrected chi connectivity index (χ0v) is 15.5. The van der Waals surface area contributed by atoms with E-state index in [1.807, 2.05) is 37.5 Å². The highest BCUT2D eigenvalue weighted by atomic mass is 35.5. The first kappa shape index (κ1) is 17.6. The van der Waals surface area contributed by atoms with Crippen LogP contribution in [0.5, 0.6) is 5.75 Å². The molecule has 0 radical (unpaired) electrons. The number of carbonyl (C=O) groups is 1. The first-order valence-electron chi connectivity index (χ1n) is 7.60. The quantitative estimate of drug-likeness (QED) is 0.588. The van der Waals surface area contributed by atoms with Crippen LogP contribution in [-0.2, 0) is 0 Å². The van der Waals surface area contributed by atoms with E-state index in [-0.39, 0.29) is 12.4 Å². The minimum absolute atomic E-state index is 0.122. The minimum Gasteiger partial charge on any atom is -0.484 e.